The summed E-state index contributed by atoms with van der Waals surface area (Å²) in [5, 5.41) is 8.88. The van der Waals surface area contributed by atoms with Crippen molar-refractivity contribution in [2.24, 2.45) is 0 Å². The summed E-state index contributed by atoms with van der Waals surface area (Å²) >= 11 is 0. The number of rotatable bonds is 21. The van der Waals surface area contributed by atoms with Crippen molar-refractivity contribution in [1.82, 2.24) is 4.90 Å². The van der Waals surface area contributed by atoms with Gasteiger partial charge in [0, 0.05) is 30.8 Å². The number of hydrogen-bond donors (Lipinski definition) is 1. The van der Waals surface area contributed by atoms with Crippen LogP contribution in [-0.4, -0.2) is 35.5 Å². The van der Waals surface area contributed by atoms with Crippen LogP contribution < -0.4 is 9.47 Å². The van der Waals surface area contributed by atoms with Crippen LogP contribution in [0, 0.1) is 6.92 Å². The Labute approximate surface area is 277 Å². The summed E-state index contributed by atoms with van der Waals surface area (Å²) in [4.78, 5) is 2.49. The second kappa shape index (κ2) is 20.3. The van der Waals surface area contributed by atoms with Gasteiger partial charge < -0.3 is 14.6 Å². The van der Waals surface area contributed by atoms with E-state index in [1.807, 2.05) is 0 Å². The Morgan fingerprint density at radius 1 is 0.822 bits per heavy atom. The first-order valence-corrected chi connectivity index (χ1v) is 18.5. The molecule has 1 aromatic rings. The zero-order valence-electron chi connectivity index (χ0n) is 30.1. The summed E-state index contributed by atoms with van der Waals surface area (Å²) in [7, 11) is 0. The molecule has 0 fully saturated rings. The zero-order chi connectivity index (χ0) is 32.5. The third kappa shape index (κ3) is 13.7. The van der Waals surface area contributed by atoms with E-state index >= 15 is 0 Å². The van der Waals surface area contributed by atoms with Crippen molar-refractivity contribution >= 4 is 0 Å². The smallest absolute Gasteiger partial charge is 0.142 e. The molecule has 0 aliphatic carbocycles. The summed E-state index contributed by atoms with van der Waals surface area (Å²) < 4.78 is 13.1. The third-order valence-electron chi connectivity index (χ3n) is 9.85. The number of aliphatic hydroxyl groups is 1. The van der Waals surface area contributed by atoms with Crippen molar-refractivity contribution in [3.05, 3.63) is 57.7 Å². The first-order valence-electron chi connectivity index (χ1n) is 18.5. The number of fused-ring (bicyclic) bond motifs is 3. The van der Waals surface area contributed by atoms with Crippen LogP contribution in [-0.2, 0) is 13.0 Å². The van der Waals surface area contributed by atoms with Gasteiger partial charge in [0.15, 0.2) is 0 Å². The highest BCUT2D eigenvalue weighted by Crippen LogP contribution is 2.44. The van der Waals surface area contributed by atoms with Gasteiger partial charge in [0.2, 0.25) is 0 Å². The van der Waals surface area contributed by atoms with Gasteiger partial charge in [0.05, 0.1) is 0 Å². The quantitative estimate of drug-likeness (QED) is 0.110. The largest absolute Gasteiger partial charge is 0.487 e. The average Bonchev–Trinajstić information content (AvgIpc) is 3.00. The van der Waals surface area contributed by atoms with Crippen LogP contribution >= 0.6 is 0 Å². The van der Waals surface area contributed by atoms with E-state index in [1.54, 1.807) is 0 Å². The van der Waals surface area contributed by atoms with Crippen molar-refractivity contribution in [1.29, 1.82) is 0 Å². The maximum atomic E-state index is 8.88. The van der Waals surface area contributed by atoms with Gasteiger partial charge >= 0.3 is 0 Å². The summed E-state index contributed by atoms with van der Waals surface area (Å²) in [6.45, 7) is 16.6. The summed E-state index contributed by atoms with van der Waals surface area (Å²) in [5.74, 6) is 2.20. The lowest BCUT2D eigenvalue weighted by Gasteiger charge is -2.39. The summed E-state index contributed by atoms with van der Waals surface area (Å²) in [6, 6.07) is 2.22. The molecule has 254 valence electrons. The minimum atomic E-state index is -0.112. The third-order valence-corrected chi connectivity index (χ3v) is 9.85. The number of ether oxygens (including phenoxy) is 2. The molecular formula is C41H67NO3. The molecule has 0 saturated heterocycles. The predicted molar refractivity (Wildman–Crippen MR) is 192 cm³/mol. The molecule has 0 bridgehead atoms. The minimum absolute atomic E-state index is 0.112. The van der Waals surface area contributed by atoms with Crippen molar-refractivity contribution in [3.63, 3.8) is 0 Å². The SMILES string of the molecule is CC(C)=CCCC(C)=CCCC(C)=CCC[C@]1(C)CCc2c3c(cc(C)c2O1)OCN(CCCCCCCCCCCCO)C3. The lowest BCUT2D eigenvalue weighted by atomic mass is 9.85. The minimum Gasteiger partial charge on any atom is -0.487 e. The second-order valence-electron chi connectivity index (χ2n) is 14.6. The normalized spacial score (nSPS) is 18.6. The molecule has 4 heteroatoms. The van der Waals surface area contributed by atoms with Gasteiger partial charge in [0.1, 0.15) is 23.8 Å². The monoisotopic (exact) mass is 622 g/mol. The summed E-state index contributed by atoms with van der Waals surface area (Å²) in [6.07, 6.45) is 28.8. The standard InChI is InChI=1S/C41H67NO3/c1-33(2)20-17-21-34(3)22-18-23-35(4)24-19-26-41(6)27-25-37-38-31-42(32-44-39(38)30-36(5)40(37)45-41)28-15-13-11-9-7-8-10-12-14-16-29-43/h20,22,24,30,43H,7-19,21,23,25-29,31-32H2,1-6H3/t41-/m1/s1. The van der Waals surface area contributed by atoms with E-state index in [0.717, 1.165) is 76.0 Å². The van der Waals surface area contributed by atoms with E-state index in [4.69, 9.17) is 14.6 Å². The molecule has 0 amide bonds. The molecule has 2 heterocycles. The fraction of sp³-hybridized carbons (Fsp3) is 0.707. The van der Waals surface area contributed by atoms with Crippen molar-refractivity contribution < 1.29 is 14.6 Å². The van der Waals surface area contributed by atoms with E-state index in [1.165, 1.54) is 97.6 Å². The number of nitrogens with zero attached hydrogens (tertiary/aromatic N) is 1. The molecule has 45 heavy (non-hydrogen) atoms. The first-order chi connectivity index (χ1) is 21.7. The van der Waals surface area contributed by atoms with Gasteiger partial charge in [-0.3, -0.25) is 4.90 Å². The van der Waals surface area contributed by atoms with E-state index in [0.29, 0.717) is 13.3 Å². The van der Waals surface area contributed by atoms with Crippen LogP contribution in [0.3, 0.4) is 0 Å². The number of aryl methyl sites for hydroxylation is 1. The van der Waals surface area contributed by atoms with E-state index in [9.17, 15) is 0 Å². The topological polar surface area (TPSA) is 41.9 Å². The van der Waals surface area contributed by atoms with Gasteiger partial charge in [-0.1, -0.05) is 86.3 Å². The number of unbranched alkanes of at least 4 members (excludes halogenated alkanes) is 9. The van der Waals surface area contributed by atoms with Gasteiger partial charge in [-0.2, -0.15) is 0 Å². The van der Waals surface area contributed by atoms with Crippen LogP contribution in [0.2, 0.25) is 0 Å². The first kappa shape index (κ1) is 37.4. The molecule has 3 rings (SSSR count). The van der Waals surface area contributed by atoms with Crippen LogP contribution in [0.25, 0.3) is 0 Å². The van der Waals surface area contributed by atoms with Gasteiger partial charge in [-0.05, 0) is 117 Å². The van der Waals surface area contributed by atoms with Crippen LogP contribution in [0.4, 0.5) is 0 Å². The summed E-state index contributed by atoms with van der Waals surface area (Å²) in [5.41, 5.74) is 8.28. The molecule has 4 nitrogen and oxygen atoms in total. The predicted octanol–water partition coefficient (Wildman–Crippen LogP) is 11.3. The Kier molecular flexibility index (Phi) is 16.8. The van der Waals surface area contributed by atoms with Crippen molar-refractivity contribution in [2.75, 3.05) is 19.9 Å². The van der Waals surface area contributed by atoms with E-state index in [-0.39, 0.29) is 5.60 Å². The van der Waals surface area contributed by atoms with E-state index < -0.39 is 0 Å². The van der Waals surface area contributed by atoms with Gasteiger partial charge in [-0.15, -0.1) is 0 Å². The number of benzene rings is 1. The number of aliphatic hydroxyl groups excluding tert-OH is 1. The Morgan fingerprint density at radius 3 is 2.07 bits per heavy atom. The fourth-order valence-corrected chi connectivity index (χ4v) is 6.84. The zero-order valence-corrected chi connectivity index (χ0v) is 30.1. The highest BCUT2D eigenvalue weighted by atomic mass is 16.5. The van der Waals surface area contributed by atoms with Crippen LogP contribution in [0.15, 0.2) is 41.0 Å². The van der Waals surface area contributed by atoms with Crippen LogP contribution in [0.1, 0.15) is 160 Å². The Balaban J connectivity index is 1.41. The highest BCUT2D eigenvalue weighted by molar-refractivity contribution is 5.55. The molecular weight excluding hydrogens is 554 g/mol. The highest BCUT2D eigenvalue weighted by Gasteiger charge is 2.35. The molecule has 0 unspecified atom stereocenters. The van der Waals surface area contributed by atoms with Crippen molar-refractivity contribution in [2.45, 2.75) is 169 Å². The maximum absolute atomic E-state index is 8.88. The molecule has 0 saturated carbocycles. The lowest BCUT2D eigenvalue weighted by molar-refractivity contribution is 0.0524. The van der Waals surface area contributed by atoms with Crippen molar-refractivity contribution in [3.8, 4) is 11.5 Å². The molecule has 1 N–H and O–H groups in total. The molecule has 0 aromatic heterocycles. The average molecular weight is 622 g/mol. The fourth-order valence-electron chi connectivity index (χ4n) is 6.84. The van der Waals surface area contributed by atoms with E-state index in [2.05, 4.69) is 70.7 Å². The maximum Gasteiger partial charge on any atom is 0.142 e. The van der Waals surface area contributed by atoms with Gasteiger partial charge in [-0.25, -0.2) is 0 Å². The Hall–Kier alpha value is -2.04. The van der Waals surface area contributed by atoms with Gasteiger partial charge in [0.25, 0.3) is 0 Å². The lowest BCUT2D eigenvalue weighted by Crippen LogP contribution is -2.38. The molecule has 2 aliphatic heterocycles. The molecule has 1 atom stereocenters. The molecule has 2 aliphatic rings. The molecule has 1 aromatic carbocycles. The number of hydrogen-bond acceptors (Lipinski definition) is 4. The number of allylic oxidation sites excluding steroid dienone is 6. The van der Waals surface area contributed by atoms with Crippen LogP contribution in [0.5, 0.6) is 11.5 Å². The second-order valence-corrected chi connectivity index (χ2v) is 14.6. The molecule has 0 spiro atoms. The molecule has 0 radical (unpaired) electrons. The Bertz CT molecular complexity index is 1110. The Morgan fingerprint density at radius 2 is 1.42 bits per heavy atom.